The van der Waals surface area contributed by atoms with Crippen molar-refractivity contribution in [3.8, 4) is 5.75 Å². The van der Waals surface area contributed by atoms with Crippen LogP contribution in [0.2, 0.25) is 0 Å². The molecule has 2 aromatic rings. The predicted molar refractivity (Wildman–Crippen MR) is 95.3 cm³/mol. The number of halogens is 1. The third-order valence-corrected chi connectivity index (χ3v) is 3.18. The van der Waals surface area contributed by atoms with Crippen LogP contribution in [0.3, 0.4) is 0 Å². The average molecular weight is 336 g/mol. The summed E-state index contributed by atoms with van der Waals surface area (Å²) in [5.74, 6) is 1.01. The number of anilines is 2. The summed E-state index contributed by atoms with van der Waals surface area (Å²) in [6.45, 7) is 2.86. The van der Waals surface area contributed by atoms with E-state index in [1.807, 2.05) is 12.1 Å². The molecule has 0 bridgehead atoms. The van der Waals surface area contributed by atoms with Gasteiger partial charge in [0.25, 0.3) is 5.91 Å². The summed E-state index contributed by atoms with van der Waals surface area (Å²) in [4.78, 5) is 16.0. The Morgan fingerprint density at radius 3 is 2.52 bits per heavy atom. The second-order valence-corrected chi connectivity index (χ2v) is 5.01. The molecule has 3 N–H and O–H groups in total. The minimum Gasteiger partial charge on any atom is -0.494 e. The zero-order valence-corrected chi connectivity index (χ0v) is 13.9. The fourth-order valence-corrected chi connectivity index (χ4v) is 1.93. The summed E-state index contributed by atoms with van der Waals surface area (Å²) in [7, 11) is 0. The molecule has 0 spiro atoms. The van der Waals surface area contributed by atoms with Crippen molar-refractivity contribution in [2.75, 3.05) is 17.7 Å². The summed E-state index contributed by atoms with van der Waals surface area (Å²) < 4.78 is 5.62. The highest BCUT2D eigenvalue weighted by atomic mass is 35.5. The number of unbranched alkanes of at least 4 members (excludes halogenated alkanes) is 2. The summed E-state index contributed by atoms with van der Waals surface area (Å²) in [5, 5.41) is 2.77. The molecule has 0 aliphatic heterocycles. The standard InChI is InChI=1S/C17H21N3O2.ClH/c1-2-3-4-11-22-15-8-5-13(6-9-15)17(21)20-14-7-10-16(18)19-12-14;/h5-10,12H,2-4,11H2,1H3,(H2,18,19)(H,20,21);1H. The van der Waals surface area contributed by atoms with Crippen LogP contribution in [-0.2, 0) is 0 Å². The van der Waals surface area contributed by atoms with Gasteiger partial charge >= 0.3 is 0 Å². The Labute approximate surface area is 142 Å². The Hall–Kier alpha value is -2.27. The third kappa shape index (κ3) is 6.16. The van der Waals surface area contributed by atoms with E-state index in [2.05, 4.69) is 17.2 Å². The summed E-state index contributed by atoms with van der Waals surface area (Å²) in [5.41, 5.74) is 6.68. The van der Waals surface area contributed by atoms with Crippen molar-refractivity contribution < 1.29 is 9.53 Å². The molecule has 0 aliphatic rings. The van der Waals surface area contributed by atoms with E-state index in [9.17, 15) is 4.79 Å². The molecule has 5 nitrogen and oxygen atoms in total. The Morgan fingerprint density at radius 2 is 1.91 bits per heavy atom. The van der Waals surface area contributed by atoms with Crippen molar-refractivity contribution in [2.24, 2.45) is 0 Å². The molecule has 1 amide bonds. The van der Waals surface area contributed by atoms with E-state index in [0.29, 0.717) is 23.7 Å². The number of hydrogen-bond donors (Lipinski definition) is 2. The van der Waals surface area contributed by atoms with Crippen LogP contribution in [0.15, 0.2) is 42.6 Å². The molecule has 23 heavy (non-hydrogen) atoms. The van der Waals surface area contributed by atoms with Gasteiger partial charge in [0.2, 0.25) is 0 Å². The van der Waals surface area contributed by atoms with Crippen molar-refractivity contribution in [1.29, 1.82) is 0 Å². The van der Waals surface area contributed by atoms with Gasteiger partial charge in [-0.15, -0.1) is 12.4 Å². The van der Waals surface area contributed by atoms with Gasteiger partial charge in [-0.05, 0) is 42.8 Å². The van der Waals surface area contributed by atoms with Crippen LogP contribution in [0.5, 0.6) is 5.75 Å². The molecule has 0 saturated heterocycles. The fourth-order valence-electron chi connectivity index (χ4n) is 1.93. The molecule has 1 aromatic carbocycles. The first kappa shape index (κ1) is 18.8. The fraction of sp³-hybridized carbons (Fsp3) is 0.294. The van der Waals surface area contributed by atoms with Crippen LogP contribution in [0, 0.1) is 0 Å². The van der Waals surface area contributed by atoms with Crippen molar-refractivity contribution in [2.45, 2.75) is 26.2 Å². The summed E-state index contributed by atoms with van der Waals surface area (Å²) in [6.07, 6.45) is 4.90. The van der Waals surface area contributed by atoms with Gasteiger partial charge in [-0.3, -0.25) is 4.79 Å². The number of aromatic nitrogens is 1. The van der Waals surface area contributed by atoms with Gasteiger partial charge in [-0.2, -0.15) is 0 Å². The monoisotopic (exact) mass is 335 g/mol. The van der Waals surface area contributed by atoms with Gasteiger partial charge in [0.15, 0.2) is 0 Å². The Kier molecular flexibility index (Phi) is 7.91. The molecule has 0 saturated carbocycles. The maximum atomic E-state index is 12.1. The number of ether oxygens (including phenoxy) is 1. The molecular weight excluding hydrogens is 314 g/mol. The maximum Gasteiger partial charge on any atom is 0.255 e. The first-order chi connectivity index (χ1) is 10.7. The van der Waals surface area contributed by atoms with Crippen LogP contribution < -0.4 is 15.8 Å². The molecule has 0 fully saturated rings. The Morgan fingerprint density at radius 1 is 1.17 bits per heavy atom. The second kappa shape index (κ2) is 9.69. The van der Waals surface area contributed by atoms with Crippen LogP contribution in [0.4, 0.5) is 11.5 Å². The van der Waals surface area contributed by atoms with Crippen molar-refractivity contribution >= 4 is 29.8 Å². The topological polar surface area (TPSA) is 77.2 Å². The van der Waals surface area contributed by atoms with E-state index in [0.717, 1.165) is 18.6 Å². The molecule has 1 heterocycles. The number of rotatable bonds is 7. The number of nitrogen functional groups attached to an aromatic ring is 1. The first-order valence-corrected chi connectivity index (χ1v) is 7.45. The molecule has 124 valence electrons. The van der Waals surface area contributed by atoms with Gasteiger partial charge in [0.1, 0.15) is 11.6 Å². The normalized spacial score (nSPS) is 9.78. The van der Waals surface area contributed by atoms with E-state index in [1.54, 1.807) is 24.3 Å². The zero-order chi connectivity index (χ0) is 15.8. The van der Waals surface area contributed by atoms with Crippen molar-refractivity contribution in [3.05, 3.63) is 48.2 Å². The van der Waals surface area contributed by atoms with Gasteiger partial charge in [0.05, 0.1) is 18.5 Å². The number of carbonyl (C=O) groups excluding carboxylic acids is 1. The van der Waals surface area contributed by atoms with Crippen LogP contribution in [-0.4, -0.2) is 17.5 Å². The summed E-state index contributed by atoms with van der Waals surface area (Å²) >= 11 is 0. The highest BCUT2D eigenvalue weighted by Gasteiger charge is 2.06. The SMILES string of the molecule is CCCCCOc1ccc(C(=O)Nc2ccc(N)nc2)cc1.Cl. The number of nitrogens with one attached hydrogen (secondary N) is 1. The van der Waals surface area contributed by atoms with Gasteiger partial charge < -0.3 is 15.8 Å². The largest absolute Gasteiger partial charge is 0.494 e. The zero-order valence-electron chi connectivity index (χ0n) is 13.1. The number of amides is 1. The lowest BCUT2D eigenvalue weighted by Crippen LogP contribution is -2.12. The van der Waals surface area contributed by atoms with E-state index in [4.69, 9.17) is 10.5 Å². The predicted octanol–water partition coefficient (Wildman–Crippen LogP) is 3.91. The van der Waals surface area contributed by atoms with Gasteiger partial charge in [-0.25, -0.2) is 4.98 Å². The number of pyridine rings is 1. The summed E-state index contributed by atoms with van der Waals surface area (Å²) in [6, 6.07) is 10.5. The third-order valence-electron chi connectivity index (χ3n) is 3.18. The molecule has 0 unspecified atom stereocenters. The highest BCUT2D eigenvalue weighted by Crippen LogP contribution is 2.15. The number of carbonyl (C=O) groups is 1. The molecule has 2 rings (SSSR count). The lowest BCUT2D eigenvalue weighted by molar-refractivity contribution is 0.102. The number of hydrogen-bond acceptors (Lipinski definition) is 4. The van der Waals surface area contributed by atoms with E-state index in [1.165, 1.54) is 12.6 Å². The van der Waals surface area contributed by atoms with Crippen LogP contribution >= 0.6 is 12.4 Å². The maximum absolute atomic E-state index is 12.1. The minimum absolute atomic E-state index is 0. The number of benzene rings is 1. The lowest BCUT2D eigenvalue weighted by atomic mass is 10.2. The van der Waals surface area contributed by atoms with Gasteiger partial charge in [0, 0.05) is 5.56 Å². The molecule has 6 heteroatoms. The van der Waals surface area contributed by atoms with Crippen LogP contribution in [0.25, 0.3) is 0 Å². The quantitative estimate of drug-likeness (QED) is 0.752. The second-order valence-electron chi connectivity index (χ2n) is 5.01. The Bertz CT molecular complexity index is 600. The highest BCUT2D eigenvalue weighted by molar-refractivity contribution is 6.04. The van der Waals surface area contributed by atoms with E-state index < -0.39 is 0 Å². The number of nitrogens with zero attached hydrogens (tertiary/aromatic N) is 1. The Balaban J connectivity index is 0.00000264. The van der Waals surface area contributed by atoms with Crippen LogP contribution in [0.1, 0.15) is 36.5 Å². The minimum atomic E-state index is -0.191. The lowest BCUT2D eigenvalue weighted by Gasteiger charge is -2.08. The number of nitrogens with two attached hydrogens (primary N) is 1. The molecule has 1 aromatic heterocycles. The molecular formula is C17H22ClN3O2. The molecule has 0 radical (unpaired) electrons. The van der Waals surface area contributed by atoms with Crippen molar-refractivity contribution in [1.82, 2.24) is 4.98 Å². The van der Waals surface area contributed by atoms with Crippen molar-refractivity contribution in [3.63, 3.8) is 0 Å². The average Bonchev–Trinajstić information content (AvgIpc) is 2.54. The van der Waals surface area contributed by atoms with E-state index >= 15 is 0 Å². The molecule has 0 atom stereocenters. The molecule has 0 aliphatic carbocycles. The van der Waals surface area contributed by atoms with E-state index in [-0.39, 0.29) is 18.3 Å². The van der Waals surface area contributed by atoms with Gasteiger partial charge in [-0.1, -0.05) is 19.8 Å². The first-order valence-electron chi connectivity index (χ1n) is 7.45. The smallest absolute Gasteiger partial charge is 0.255 e.